The number of carbonyl (C=O) groups is 2. The summed E-state index contributed by atoms with van der Waals surface area (Å²) in [5.74, 6) is -0.477. The van der Waals surface area contributed by atoms with Gasteiger partial charge in [0.2, 0.25) is 0 Å². The van der Waals surface area contributed by atoms with Crippen molar-refractivity contribution in [1.82, 2.24) is 5.32 Å². The molecule has 32 heavy (non-hydrogen) atoms. The lowest BCUT2D eigenvalue weighted by Crippen LogP contribution is -2.60. The molecule has 188 valence electrons. The summed E-state index contributed by atoms with van der Waals surface area (Å²) in [6.07, 6.45) is 0.941. The van der Waals surface area contributed by atoms with Gasteiger partial charge in [0.15, 0.2) is 25.0 Å². The van der Waals surface area contributed by atoms with Crippen LogP contribution in [0.3, 0.4) is 0 Å². The van der Waals surface area contributed by atoms with Crippen molar-refractivity contribution in [2.45, 2.75) is 84.7 Å². The van der Waals surface area contributed by atoms with Gasteiger partial charge in [-0.2, -0.15) is 0 Å². The molecule has 0 atom stereocenters. The van der Waals surface area contributed by atoms with Crippen LogP contribution in [0.1, 0.15) is 19.8 Å². The van der Waals surface area contributed by atoms with E-state index in [0.717, 1.165) is 6.42 Å². The van der Waals surface area contributed by atoms with Gasteiger partial charge in [0.25, 0.3) is 0 Å². The zero-order valence-electron chi connectivity index (χ0n) is 21.8. The molecule has 0 fully saturated rings. The summed E-state index contributed by atoms with van der Waals surface area (Å²) in [6, 6.07) is 0.716. The minimum absolute atomic E-state index is 0.0744. The number of carbonyl (C=O) groups excluding carboxylic acids is 2. The lowest BCUT2D eigenvalue weighted by atomic mass is 10.4. The highest BCUT2D eigenvalue weighted by atomic mass is 28.5. The fourth-order valence-electron chi connectivity index (χ4n) is 2.69. The Hall–Kier alpha value is -0.772. The summed E-state index contributed by atoms with van der Waals surface area (Å²) in [4.78, 5) is 23.1. The van der Waals surface area contributed by atoms with Gasteiger partial charge in [0, 0.05) is 11.6 Å². The topological polar surface area (TPSA) is 92.3 Å². The lowest BCUT2D eigenvalue weighted by Gasteiger charge is -2.43. The van der Waals surface area contributed by atoms with Crippen LogP contribution in [0.5, 0.6) is 0 Å². The zero-order chi connectivity index (χ0) is 25.2. The average molecular weight is 524 g/mol. The van der Waals surface area contributed by atoms with Gasteiger partial charge in [-0.3, -0.25) is 0 Å². The van der Waals surface area contributed by atoms with Gasteiger partial charge in [-0.15, -0.1) is 0 Å². The summed E-state index contributed by atoms with van der Waals surface area (Å²) < 4.78 is 30.1. The molecule has 0 aliphatic rings. The predicted octanol–water partition coefficient (Wildman–Crippen LogP) is 5.11. The molecule has 12 heteroatoms. The molecule has 0 aromatic heterocycles. The third-order valence-corrected chi connectivity index (χ3v) is 15.5. The number of esters is 1. The molecule has 0 heterocycles. The SMILES string of the molecule is C=C(C)C(=O)OCCNC(=O)OCCCC[Si](O[Si](C)(C)C)(O[Si](C)(C)C)O[Si](C)(C)C. The van der Waals surface area contributed by atoms with E-state index in [2.05, 4.69) is 70.8 Å². The van der Waals surface area contributed by atoms with Gasteiger partial charge in [0.1, 0.15) is 6.61 Å². The van der Waals surface area contributed by atoms with Crippen LogP contribution in [-0.2, 0) is 26.6 Å². The molecule has 1 N–H and O–H groups in total. The number of ether oxygens (including phenoxy) is 2. The van der Waals surface area contributed by atoms with Crippen molar-refractivity contribution >= 4 is 45.8 Å². The van der Waals surface area contributed by atoms with Gasteiger partial charge in [0.05, 0.1) is 13.2 Å². The molecular weight excluding hydrogens is 479 g/mol. The maximum Gasteiger partial charge on any atom is 0.469 e. The molecular formula is C20H45NO7Si4. The van der Waals surface area contributed by atoms with E-state index in [9.17, 15) is 9.59 Å². The van der Waals surface area contributed by atoms with Gasteiger partial charge >= 0.3 is 20.9 Å². The number of unbranched alkanes of at least 4 members (excludes halogenated alkanes) is 1. The molecule has 0 aliphatic carbocycles. The molecule has 0 rings (SSSR count). The van der Waals surface area contributed by atoms with Crippen LogP contribution in [0, 0.1) is 0 Å². The third kappa shape index (κ3) is 16.8. The summed E-state index contributed by atoms with van der Waals surface area (Å²) >= 11 is 0. The number of alkyl carbamates (subject to hydrolysis) is 1. The lowest BCUT2D eigenvalue weighted by molar-refractivity contribution is -0.138. The van der Waals surface area contributed by atoms with Crippen molar-refractivity contribution < 1.29 is 31.4 Å². The first kappa shape index (κ1) is 31.2. The Balaban J connectivity index is 4.70. The van der Waals surface area contributed by atoms with Crippen molar-refractivity contribution in [3.63, 3.8) is 0 Å². The van der Waals surface area contributed by atoms with E-state index in [1.807, 2.05) is 0 Å². The van der Waals surface area contributed by atoms with Crippen LogP contribution in [0.25, 0.3) is 0 Å². The first-order valence-electron chi connectivity index (χ1n) is 11.2. The highest BCUT2D eigenvalue weighted by Crippen LogP contribution is 2.30. The van der Waals surface area contributed by atoms with Crippen molar-refractivity contribution in [2.24, 2.45) is 0 Å². The van der Waals surface area contributed by atoms with Crippen LogP contribution in [-0.4, -0.2) is 65.6 Å². The minimum atomic E-state index is -2.85. The van der Waals surface area contributed by atoms with Crippen LogP contribution in [0.4, 0.5) is 4.79 Å². The molecule has 0 saturated carbocycles. The van der Waals surface area contributed by atoms with Crippen molar-refractivity contribution in [2.75, 3.05) is 19.8 Å². The summed E-state index contributed by atoms with van der Waals surface area (Å²) in [5, 5.41) is 2.56. The molecule has 1 amide bonds. The molecule has 0 unspecified atom stereocenters. The first-order valence-corrected chi connectivity index (χ1v) is 23.3. The van der Waals surface area contributed by atoms with Gasteiger partial charge in [-0.05, 0) is 78.7 Å². The fraction of sp³-hybridized carbons (Fsp3) is 0.800. The third-order valence-electron chi connectivity index (χ3n) is 3.45. The van der Waals surface area contributed by atoms with Gasteiger partial charge in [-0.1, -0.05) is 6.58 Å². The van der Waals surface area contributed by atoms with Crippen LogP contribution < -0.4 is 5.32 Å². The second kappa shape index (κ2) is 13.2. The second-order valence-electron chi connectivity index (χ2n) is 10.8. The molecule has 0 aromatic rings. The Morgan fingerprint density at radius 1 is 0.750 bits per heavy atom. The average Bonchev–Trinajstić information content (AvgIpc) is 2.53. The highest BCUT2D eigenvalue weighted by molar-refractivity contribution is 6.90. The van der Waals surface area contributed by atoms with E-state index in [1.54, 1.807) is 6.92 Å². The van der Waals surface area contributed by atoms with E-state index in [4.69, 9.17) is 21.8 Å². The van der Waals surface area contributed by atoms with Crippen molar-refractivity contribution in [3.8, 4) is 0 Å². The van der Waals surface area contributed by atoms with Crippen molar-refractivity contribution in [1.29, 1.82) is 0 Å². The standard InChI is InChI=1S/C20H45NO7Si4/c1-18(2)19(22)24-16-14-21-20(23)25-15-12-13-17-32(26-29(3,4)5,27-30(6,7)8)28-31(9,10)11/h1,12-17H2,2-11H3,(H,21,23). The van der Waals surface area contributed by atoms with Crippen LogP contribution in [0.2, 0.25) is 65.0 Å². The summed E-state index contributed by atoms with van der Waals surface area (Å²) in [6.45, 7) is 25.1. The van der Waals surface area contributed by atoms with Gasteiger partial charge < -0.3 is 27.1 Å². The number of hydrogen-bond acceptors (Lipinski definition) is 7. The number of amides is 1. The Bertz CT molecular complexity index is 584. The normalized spacial score (nSPS) is 12.9. The molecule has 0 aliphatic heterocycles. The molecule has 0 aromatic carbocycles. The number of hydrogen-bond donors (Lipinski definition) is 1. The molecule has 0 spiro atoms. The number of nitrogens with one attached hydrogen (secondary N) is 1. The maximum atomic E-state index is 11.8. The van der Waals surface area contributed by atoms with E-state index in [1.165, 1.54) is 0 Å². The van der Waals surface area contributed by atoms with Gasteiger partial charge in [-0.25, -0.2) is 9.59 Å². The fourth-order valence-corrected chi connectivity index (χ4v) is 17.4. The highest BCUT2D eigenvalue weighted by Gasteiger charge is 2.49. The Morgan fingerprint density at radius 3 is 1.62 bits per heavy atom. The molecule has 0 bridgehead atoms. The Labute approximate surface area is 199 Å². The Kier molecular flexibility index (Phi) is 12.9. The Morgan fingerprint density at radius 2 is 1.22 bits per heavy atom. The van der Waals surface area contributed by atoms with Crippen molar-refractivity contribution in [3.05, 3.63) is 12.2 Å². The minimum Gasteiger partial charge on any atom is -0.460 e. The largest absolute Gasteiger partial charge is 0.469 e. The van der Waals surface area contributed by atoms with E-state index >= 15 is 0 Å². The predicted molar refractivity (Wildman–Crippen MR) is 138 cm³/mol. The molecule has 0 radical (unpaired) electrons. The van der Waals surface area contributed by atoms with E-state index < -0.39 is 45.8 Å². The van der Waals surface area contributed by atoms with Crippen LogP contribution >= 0.6 is 0 Å². The quantitative estimate of drug-likeness (QED) is 0.138. The first-order chi connectivity index (χ1) is 14.3. The molecule has 0 saturated heterocycles. The monoisotopic (exact) mass is 523 g/mol. The number of rotatable bonds is 15. The summed E-state index contributed by atoms with van der Waals surface area (Å²) in [5.41, 5.74) is 0.321. The van der Waals surface area contributed by atoms with E-state index in [-0.39, 0.29) is 19.8 Å². The maximum absolute atomic E-state index is 11.8. The smallest absolute Gasteiger partial charge is 0.460 e. The van der Waals surface area contributed by atoms with E-state index in [0.29, 0.717) is 18.0 Å². The zero-order valence-corrected chi connectivity index (χ0v) is 25.8. The summed E-state index contributed by atoms with van der Waals surface area (Å²) in [7, 11) is -8.53. The van der Waals surface area contributed by atoms with Crippen LogP contribution in [0.15, 0.2) is 12.2 Å². The second-order valence-corrected chi connectivity index (χ2v) is 27.8. The molecule has 8 nitrogen and oxygen atoms in total.